The monoisotopic (exact) mass is 467 g/mol. The van der Waals surface area contributed by atoms with Crippen molar-refractivity contribution in [1.29, 1.82) is 0 Å². The smallest absolute Gasteiger partial charge is 0.275 e. The number of oxime groups is 1. The summed E-state index contributed by atoms with van der Waals surface area (Å²) in [5.41, 5.74) is 14.5. The van der Waals surface area contributed by atoms with Gasteiger partial charge in [-0.15, -0.1) is 0 Å². The highest BCUT2D eigenvalue weighted by Gasteiger charge is 2.24. The fourth-order valence-corrected chi connectivity index (χ4v) is 3.80. The molecule has 0 spiro atoms. The van der Waals surface area contributed by atoms with Gasteiger partial charge in [-0.1, -0.05) is 0 Å². The second-order valence-electron chi connectivity index (χ2n) is 6.48. The van der Waals surface area contributed by atoms with E-state index in [4.69, 9.17) is 22.0 Å². The first kappa shape index (κ1) is 24.1. The average Bonchev–Trinajstić information content (AvgIpc) is 2.71. The summed E-state index contributed by atoms with van der Waals surface area (Å²) in [4.78, 5) is 39.5. The van der Waals surface area contributed by atoms with E-state index in [1.165, 1.54) is 19.1 Å². The number of pyridine rings is 1. The minimum absolute atomic E-state index is 0.0780. The Morgan fingerprint density at radius 1 is 1.22 bits per heavy atom. The van der Waals surface area contributed by atoms with E-state index < -0.39 is 32.5 Å². The first-order valence-electron chi connectivity index (χ1n) is 8.93. The molecule has 0 aliphatic heterocycles. The van der Waals surface area contributed by atoms with Crippen LogP contribution in [-0.4, -0.2) is 36.4 Å². The maximum atomic E-state index is 13.0. The quantitative estimate of drug-likeness (QED) is 0.116. The Morgan fingerprint density at radius 2 is 1.84 bits per heavy atom. The topological polar surface area (TPSA) is 228 Å². The summed E-state index contributed by atoms with van der Waals surface area (Å²) in [5.74, 6) is -1.20. The number of sulfonamides is 1. The van der Waals surface area contributed by atoms with Crippen LogP contribution in [0.5, 0.6) is 0 Å². The molecule has 1 aromatic heterocycles. The van der Waals surface area contributed by atoms with E-state index >= 15 is 0 Å². The third-order valence-corrected chi connectivity index (χ3v) is 5.60. The SMILES string of the molecule is Cc1ccc(NS(=O)(=O)c2ccc([N+](=O)[O-])cc2)c(=O)n1C(CCON=C(N)N)C(N)=O. The van der Waals surface area contributed by atoms with E-state index in [9.17, 15) is 28.1 Å². The van der Waals surface area contributed by atoms with Gasteiger partial charge in [-0.25, -0.2) is 8.42 Å². The van der Waals surface area contributed by atoms with E-state index in [0.717, 1.165) is 28.8 Å². The number of hydrogen-bond acceptors (Lipinski definition) is 8. The van der Waals surface area contributed by atoms with Crippen LogP contribution < -0.4 is 27.5 Å². The summed E-state index contributed by atoms with van der Waals surface area (Å²) in [7, 11) is -4.26. The van der Waals surface area contributed by atoms with Gasteiger partial charge in [0.25, 0.3) is 21.3 Å². The van der Waals surface area contributed by atoms with Crippen molar-refractivity contribution in [3.8, 4) is 0 Å². The number of carbonyl (C=O) groups excluding carboxylic acids is 1. The van der Waals surface area contributed by atoms with E-state index in [2.05, 4.69) is 9.88 Å². The zero-order valence-corrected chi connectivity index (χ0v) is 17.6. The van der Waals surface area contributed by atoms with Gasteiger partial charge in [0.1, 0.15) is 18.3 Å². The minimum Gasteiger partial charge on any atom is -0.393 e. The number of primary amides is 1. The molecule has 0 saturated carbocycles. The molecule has 14 nitrogen and oxygen atoms in total. The van der Waals surface area contributed by atoms with Crippen molar-refractivity contribution in [1.82, 2.24) is 4.57 Å². The van der Waals surface area contributed by atoms with Crippen LogP contribution in [0.4, 0.5) is 11.4 Å². The molecule has 1 unspecified atom stereocenters. The third-order valence-electron chi connectivity index (χ3n) is 4.22. The number of rotatable bonds is 10. The van der Waals surface area contributed by atoms with E-state index in [1.807, 2.05) is 0 Å². The second kappa shape index (κ2) is 9.78. The molecule has 2 rings (SSSR count). The van der Waals surface area contributed by atoms with Gasteiger partial charge in [0.15, 0.2) is 0 Å². The number of hydrogen-bond donors (Lipinski definition) is 4. The number of nitro benzene ring substituents is 1. The second-order valence-corrected chi connectivity index (χ2v) is 8.16. The maximum absolute atomic E-state index is 13.0. The van der Waals surface area contributed by atoms with Crippen LogP contribution in [0.3, 0.4) is 0 Å². The van der Waals surface area contributed by atoms with Gasteiger partial charge < -0.3 is 22.0 Å². The van der Waals surface area contributed by atoms with Gasteiger partial charge in [-0.2, -0.15) is 0 Å². The summed E-state index contributed by atoms with van der Waals surface area (Å²) >= 11 is 0. The molecule has 0 aliphatic rings. The fourth-order valence-electron chi connectivity index (χ4n) is 2.74. The van der Waals surface area contributed by atoms with Crippen LogP contribution in [0, 0.1) is 17.0 Å². The molecule has 1 heterocycles. The van der Waals surface area contributed by atoms with Gasteiger partial charge in [0.05, 0.1) is 9.82 Å². The van der Waals surface area contributed by atoms with Crippen molar-refractivity contribution < 1.29 is 23.0 Å². The Labute approximate surface area is 181 Å². The molecule has 1 amide bonds. The summed E-state index contributed by atoms with van der Waals surface area (Å²) in [5, 5.41) is 14.1. The Hall–Kier alpha value is -4.14. The largest absolute Gasteiger partial charge is 0.393 e. The van der Waals surface area contributed by atoms with Crippen molar-refractivity contribution in [3.63, 3.8) is 0 Å². The van der Waals surface area contributed by atoms with Gasteiger partial charge in [0.2, 0.25) is 11.9 Å². The van der Waals surface area contributed by atoms with Crippen LogP contribution in [-0.2, 0) is 19.7 Å². The van der Waals surface area contributed by atoms with Crippen molar-refractivity contribution in [3.05, 3.63) is 62.6 Å². The average molecular weight is 467 g/mol. The Kier molecular flexibility index (Phi) is 7.37. The lowest BCUT2D eigenvalue weighted by atomic mass is 10.1. The molecule has 172 valence electrons. The first-order chi connectivity index (χ1) is 14.9. The molecule has 7 N–H and O–H groups in total. The van der Waals surface area contributed by atoms with Crippen molar-refractivity contribution in [2.75, 3.05) is 11.3 Å². The fraction of sp³-hybridized carbons (Fsp3) is 0.235. The Bertz CT molecular complexity index is 1200. The zero-order valence-electron chi connectivity index (χ0n) is 16.8. The van der Waals surface area contributed by atoms with Crippen molar-refractivity contribution in [2.45, 2.75) is 24.3 Å². The molecule has 0 saturated heterocycles. The van der Waals surface area contributed by atoms with Crippen LogP contribution in [0.1, 0.15) is 18.2 Å². The Balaban J connectivity index is 2.37. The highest BCUT2D eigenvalue weighted by Crippen LogP contribution is 2.19. The van der Waals surface area contributed by atoms with E-state index in [1.54, 1.807) is 0 Å². The van der Waals surface area contributed by atoms with Crippen LogP contribution in [0.15, 0.2) is 51.2 Å². The summed E-state index contributed by atoms with van der Waals surface area (Å²) in [6.07, 6.45) is -0.0780. The predicted molar refractivity (Wildman–Crippen MR) is 114 cm³/mol. The summed E-state index contributed by atoms with van der Waals surface area (Å²) < 4.78 is 28.4. The number of non-ortho nitro benzene ring substituents is 1. The highest BCUT2D eigenvalue weighted by atomic mass is 32.2. The molecule has 0 bridgehead atoms. The number of nitrogens with one attached hydrogen (secondary N) is 1. The van der Waals surface area contributed by atoms with Crippen LogP contribution >= 0.6 is 0 Å². The number of nitrogens with zero attached hydrogens (tertiary/aromatic N) is 3. The lowest BCUT2D eigenvalue weighted by Gasteiger charge is -2.20. The summed E-state index contributed by atoms with van der Waals surface area (Å²) in [6, 6.07) is 5.55. The molecule has 1 atom stereocenters. The molecule has 0 aliphatic carbocycles. The number of aryl methyl sites for hydroxylation is 1. The summed E-state index contributed by atoms with van der Waals surface area (Å²) in [6.45, 7) is 1.37. The van der Waals surface area contributed by atoms with Gasteiger partial charge in [-0.05, 0) is 36.3 Å². The molecule has 15 heteroatoms. The number of benzene rings is 1. The van der Waals surface area contributed by atoms with Gasteiger partial charge in [-0.3, -0.25) is 29.0 Å². The van der Waals surface area contributed by atoms with Crippen molar-refractivity contribution in [2.24, 2.45) is 22.4 Å². The first-order valence-corrected chi connectivity index (χ1v) is 10.4. The number of carbonyl (C=O) groups is 1. The van der Waals surface area contributed by atoms with Crippen LogP contribution in [0.2, 0.25) is 0 Å². The maximum Gasteiger partial charge on any atom is 0.275 e. The Morgan fingerprint density at radius 3 is 2.38 bits per heavy atom. The molecular formula is C17H21N7O7S. The minimum atomic E-state index is -4.26. The molecule has 0 radical (unpaired) electrons. The lowest BCUT2D eigenvalue weighted by molar-refractivity contribution is -0.384. The number of amides is 1. The number of nitrogens with two attached hydrogens (primary N) is 3. The van der Waals surface area contributed by atoms with Crippen LogP contribution in [0.25, 0.3) is 0 Å². The molecule has 1 aromatic carbocycles. The number of guanidine groups is 1. The highest BCUT2D eigenvalue weighted by molar-refractivity contribution is 7.92. The van der Waals surface area contributed by atoms with E-state index in [-0.39, 0.29) is 35.3 Å². The van der Waals surface area contributed by atoms with E-state index in [0.29, 0.717) is 5.69 Å². The standard InChI is InChI=1S/C17H21N7O7S/c1-10-2-7-13(22-32(29,30)12-5-3-11(4-6-12)24(27)28)16(26)23(10)14(15(18)25)8-9-31-21-17(19)20/h2-7,14,22H,8-9H2,1H3,(H2,18,25)(H4,19,20,21). The number of anilines is 1. The zero-order chi connectivity index (χ0) is 24.1. The molecule has 2 aromatic rings. The third kappa shape index (κ3) is 5.72. The molecule has 32 heavy (non-hydrogen) atoms. The number of nitro groups is 1. The predicted octanol–water partition coefficient (Wildman–Crippen LogP) is -0.513. The normalized spacial score (nSPS) is 11.9. The van der Waals surface area contributed by atoms with Gasteiger partial charge >= 0.3 is 0 Å². The lowest BCUT2D eigenvalue weighted by Crippen LogP contribution is -2.37. The number of aromatic nitrogens is 1. The molecule has 0 fully saturated rings. The van der Waals surface area contributed by atoms with Crippen molar-refractivity contribution >= 4 is 33.3 Å². The van der Waals surface area contributed by atoms with Gasteiger partial charge in [0, 0.05) is 24.2 Å². The molecular weight excluding hydrogens is 446 g/mol.